The van der Waals surface area contributed by atoms with Crippen molar-refractivity contribution in [3.63, 3.8) is 0 Å². The summed E-state index contributed by atoms with van der Waals surface area (Å²) in [6.07, 6.45) is 4.49. The van der Waals surface area contributed by atoms with Crippen molar-refractivity contribution < 1.29 is 10.0 Å². The number of hydrogen-bond acceptors (Lipinski definition) is 4. The molecule has 0 aromatic heterocycles. The lowest BCUT2D eigenvalue weighted by molar-refractivity contribution is -0.387. The molecule has 1 saturated carbocycles. The van der Waals surface area contributed by atoms with Crippen molar-refractivity contribution in [3.8, 4) is 5.75 Å². The van der Waals surface area contributed by atoms with E-state index < -0.39 is 4.92 Å². The van der Waals surface area contributed by atoms with Gasteiger partial charge in [-0.3, -0.25) is 15.0 Å². The van der Waals surface area contributed by atoms with Gasteiger partial charge < -0.3 is 5.11 Å². The molecule has 1 heterocycles. The Kier molecular flexibility index (Phi) is 3.21. The van der Waals surface area contributed by atoms with Crippen LogP contribution in [0.3, 0.4) is 0 Å². The number of benzene rings is 1. The Balaban J connectivity index is 1.80. The van der Waals surface area contributed by atoms with Crippen molar-refractivity contribution in [1.29, 1.82) is 0 Å². The third kappa shape index (κ3) is 2.17. The fourth-order valence-corrected chi connectivity index (χ4v) is 4.87. The van der Waals surface area contributed by atoms with Crippen LogP contribution in [0.5, 0.6) is 5.75 Å². The van der Waals surface area contributed by atoms with Crippen LogP contribution in [-0.2, 0) is 11.8 Å². The molecule has 3 aliphatic rings. The quantitative estimate of drug-likeness (QED) is 0.687. The maximum atomic E-state index is 11.6. The van der Waals surface area contributed by atoms with E-state index in [2.05, 4.69) is 18.7 Å². The van der Waals surface area contributed by atoms with Crippen molar-refractivity contribution in [2.24, 2.45) is 11.8 Å². The van der Waals surface area contributed by atoms with Crippen LogP contribution < -0.4 is 0 Å². The van der Waals surface area contributed by atoms with Crippen molar-refractivity contribution in [2.45, 2.75) is 51.0 Å². The molecule has 1 aromatic rings. The van der Waals surface area contributed by atoms with Crippen LogP contribution in [0.1, 0.15) is 44.2 Å². The average molecular weight is 316 g/mol. The summed E-state index contributed by atoms with van der Waals surface area (Å²) in [7, 11) is 0. The fraction of sp³-hybridized carbons (Fsp3) is 0.667. The standard InChI is InChI=1S/C18H24N2O3/c1-11-14-9-13-5-6-15(21)17(20(22)23)16(13)18(11,2)7-8-19(14)10-12-3-4-12/h5-6,11-12,14,21H,3-4,7-10H2,1-2H3/t11?,14-,18-/m1/s1. The molecule has 1 saturated heterocycles. The number of nitrogens with zero attached hydrogens (tertiary/aromatic N) is 2. The molecule has 5 heteroatoms. The van der Waals surface area contributed by atoms with Crippen LogP contribution in [-0.4, -0.2) is 34.1 Å². The summed E-state index contributed by atoms with van der Waals surface area (Å²) in [4.78, 5) is 13.8. The first-order valence-electron chi connectivity index (χ1n) is 8.65. The van der Waals surface area contributed by atoms with Gasteiger partial charge >= 0.3 is 5.69 Å². The second-order valence-corrected chi connectivity index (χ2v) is 7.89. The molecule has 0 spiro atoms. The lowest BCUT2D eigenvalue weighted by Crippen LogP contribution is -2.58. The summed E-state index contributed by atoms with van der Waals surface area (Å²) < 4.78 is 0. The van der Waals surface area contributed by atoms with E-state index in [1.54, 1.807) is 0 Å². The SMILES string of the molecule is CC1[C@H]2Cc3ccc(O)c([N+](=O)[O-])c3[C@]1(C)CCN2CC1CC1. The molecule has 1 aliphatic heterocycles. The monoisotopic (exact) mass is 316 g/mol. The number of phenols is 1. The van der Waals surface area contributed by atoms with Crippen molar-refractivity contribution in [1.82, 2.24) is 4.90 Å². The van der Waals surface area contributed by atoms with Gasteiger partial charge in [-0.1, -0.05) is 19.9 Å². The second kappa shape index (κ2) is 4.94. The van der Waals surface area contributed by atoms with Gasteiger partial charge in [-0.2, -0.15) is 0 Å². The maximum Gasteiger partial charge on any atom is 0.314 e. The zero-order valence-electron chi connectivity index (χ0n) is 13.8. The molecule has 0 amide bonds. The molecule has 2 bridgehead atoms. The van der Waals surface area contributed by atoms with Crippen LogP contribution in [0, 0.1) is 22.0 Å². The highest BCUT2D eigenvalue weighted by Gasteiger charge is 2.52. The first-order chi connectivity index (χ1) is 10.9. The molecule has 1 unspecified atom stereocenters. The average Bonchev–Trinajstić information content (AvgIpc) is 3.30. The van der Waals surface area contributed by atoms with Gasteiger partial charge in [0, 0.05) is 23.6 Å². The van der Waals surface area contributed by atoms with E-state index in [1.807, 2.05) is 6.07 Å². The van der Waals surface area contributed by atoms with E-state index in [0.29, 0.717) is 12.0 Å². The lowest BCUT2D eigenvalue weighted by Gasteiger charge is -2.54. The highest BCUT2D eigenvalue weighted by molar-refractivity contribution is 5.60. The Morgan fingerprint density at radius 2 is 2.17 bits per heavy atom. The number of piperidine rings is 1. The largest absolute Gasteiger partial charge is 0.502 e. The van der Waals surface area contributed by atoms with Gasteiger partial charge in [0.1, 0.15) is 0 Å². The molecular weight excluding hydrogens is 292 g/mol. The topological polar surface area (TPSA) is 66.6 Å². The van der Waals surface area contributed by atoms with Gasteiger partial charge in [-0.15, -0.1) is 0 Å². The van der Waals surface area contributed by atoms with Crippen molar-refractivity contribution in [3.05, 3.63) is 33.4 Å². The lowest BCUT2D eigenvalue weighted by atomic mass is 9.58. The minimum atomic E-state index is -0.400. The Morgan fingerprint density at radius 1 is 1.43 bits per heavy atom. The number of fused-ring (bicyclic) bond motifs is 4. The van der Waals surface area contributed by atoms with Crippen LogP contribution in [0.15, 0.2) is 12.1 Å². The third-order valence-electron chi connectivity index (χ3n) is 6.58. The van der Waals surface area contributed by atoms with E-state index in [1.165, 1.54) is 25.5 Å². The summed E-state index contributed by atoms with van der Waals surface area (Å²) in [6, 6.07) is 3.86. The van der Waals surface area contributed by atoms with E-state index in [-0.39, 0.29) is 16.9 Å². The van der Waals surface area contributed by atoms with Crippen LogP contribution in [0.25, 0.3) is 0 Å². The van der Waals surface area contributed by atoms with Crippen molar-refractivity contribution >= 4 is 5.69 Å². The van der Waals surface area contributed by atoms with Gasteiger partial charge in [0.05, 0.1) is 4.92 Å². The van der Waals surface area contributed by atoms with E-state index in [9.17, 15) is 15.2 Å². The van der Waals surface area contributed by atoms with E-state index in [0.717, 1.165) is 36.4 Å². The number of phenolic OH excluding ortho intramolecular Hbond substituents is 1. The molecule has 4 rings (SSSR count). The number of nitro groups is 1. The van der Waals surface area contributed by atoms with Gasteiger partial charge in [0.15, 0.2) is 5.75 Å². The number of likely N-dealkylation sites (tertiary alicyclic amines) is 1. The summed E-state index contributed by atoms with van der Waals surface area (Å²) >= 11 is 0. The zero-order chi connectivity index (χ0) is 16.4. The number of nitro benzene ring substituents is 1. The maximum absolute atomic E-state index is 11.6. The van der Waals surface area contributed by atoms with Crippen LogP contribution >= 0.6 is 0 Å². The van der Waals surface area contributed by atoms with Gasteiger partial charge in [0.25, 0.3) is 0 Å². The predicted octanol–water partition coefficient (Wildman–Crippen LogP) is 3.23. The molecule has 1 N–H and O–H groups in total. The molecule has 23 heavy (non-hydrogen) atoms. The highest BCUT2D eigenvalue weighted by Crippen LogP contribution is 2.53. The second-order valence-electron chi connectivity index (χ2n) is 7.89. The van der Waals surface area contributed by atoms with Gasteiger partial charge in [-0.25, -0.2) is 0 Å². The Morgan fingerprint density at radius 3 is 2.83 bits per heavy atom. The summed E-state index contributed by atoms with van der Waals surface area (Å²) in [5.41, 5.74) is 1.56. The normalized spacial score (nSPS) is 33.3. The molecule has 124 valence electrons. The molecule has 0 radical (unpaired) electrons. The third-order valence-corrected chi connectivity index (χ3v) is 6.58. The zero-order valence-corrected chi connectivity index (χ0v) is 13.8. The van der Waals surface area contributed by atoms with E-state index >= 15 is 0 Å². The minimum absolute atomic E-state index is 0.0639. The van der Waals surface area contributed by atoms with Gasteiger partial charge in [0.2, 0.25) is 0 Å². The van der Waals surface area contributed by atoms with Crippen LogP contribution in [0.4, 0.5) is 5.69 Å². The van der Waals surface area contributed by atoms with E-state index in [4.69, 9.17) is 0 Å². The molecule has 2 fully saturated rings. The summed E-state index contributed by atoms with van der Waals surface area (Å²) in [6.45, 7) is 6.58. The Hall–Kier alpha value is -1.62. The minimum Gasteiger partial charge on any atom is -0.502 e. The molecule has 3 atom stereocenters. The number of hydrogen-bond donors (Lipinski definition) is 1. The first kappa shape index (κ1) is 14.9. The first-order valence-corrected chi connectivity index (χ1v) is 8.65. The van der Waals surface area contributed by atoms with Gasteiger partial charge in [-0.05, 0) is 55.7 Å². The summed E-state index contributed by atoms with van der Waals surface area (Å²) in [5.74, 6) is 1.03. The molecular formula is C18H24N2O3. The smallest absolute Gasteiger partial charge is 0.314 e. The molecule has 5 nitrogen and oxygen atoms in total. The molecule has 2 aliphatic carbocycles. The fourth-order valence-electron chi connectivity index (χ4n) is 4.87. The highest BCUT2D eigenvalue weighted by atomic mass is 16.6. The number of rotatable bonds is 3. The van der Waals surface area contributed by atoms with Crippen molar-refractivity contribution in [2.75, 3.05) is 13.1 Å². The predicted molar refractivity (Wildman–Crippen MR) is 87.7 cm³/mol. The Labute approximate surface area is 136 Å². The molecule has 1 aromatic carbocycles. The Bertz CT molecular complexity index is 670. The van der Waals surface area contributed by atoms with Crippen LogP contribution in [0.2, 0.25) is 0 Å². The summed E-state index contributed by atoms with van der Waals surface area (Å²) in [5, 5.41) is 21.6. The number of aromatic hydroxyl groups is 1.